The largest absolute Gasteiger partial charge is 0.344 e. The molecule has 0 aromatic rings. The molecule has 4 nitrogen and oxygen atoms in total. The van der Waals surface area contributed by atoms with Gasteiger partial charge in [0.2, 0.25) is 5.91 Å². The van der Waals surface area contributed by atoms with Gasteiger partial charge in [0, 0.05) is 32.7 Å². The molecule has 1 aliphatic carbocycles. The van der Waals surface area contributed by atoms with Gasteiger partial charge in [0.25, 0.3) is 0 Å². The zero-order chi connectivity index (χ0) is 12.4. The molecule has 0 aromatic heterocycles. The Morgan fingerprint density at radius 3 is 2.53 bits per heavy atom. The van der Waals surface area contributed by atoms with E-state index < -0.39 is 0 Å². The lowest BCUT2D eigenvalue weighted by Crippen LogP contribution is -2.52. The number of rotatable bonds is 2. The van der Waals surface area contributed by atoms with Crippen LogP contribution in [0.3, 0.4) is 0 Å². The van der Waals surface area contributed by atoms with Crippen molar-refractivity contribution in [1.29, 1.82) is 0 Å². The average Bonchev–Trinajstić information content (AvgIpc) is 2.78. The molecule has 2 atom stereocenters. The monoisotopic (exact) mass is 239 g/mol. The van der Waals surface area contributed by atoms with Crippen molar-refractivity contribution in [3.63, 3.8) is 0 Å². The van der Waals surface area contributed by atoms with Crippen molar-refractivity contribution in [3.8, 4) is 0 Å². The van der Waals surface area contributed by atoms with Gasteiger partial charge in [0.15, 0.2) is 0 Å². The third-order valence-electron chi connectivity index (χ3n) is 4.19. The molecule has 98 valence electrons. The van der Waals surface area contributed by atoms with Crippen molar-refractivity contribution in [1.82, 2.24) is 9.80 Å². The summed E-state index contributed by atoms with van der Waals surface area (Å²) >= 11 is 0. The maximum Gasteiger partial charge on any atom is 0.240 e. The standard InChI is InChI=1S/C13H25N3O/c1-10-8-15(2)13(17)12(7-14)16(9-10)11-5-3-4-6-11/h10-12H,3-9,14H2,1-2H3. The van der Waals surface area contributed by atoms with Crippen LogP contribution < -0.4 is 5.73 Å². The second kappa shape index (κ2) is 5.36. The van der Waals surface area contributed by atoms with Gasteiger partial charge in [-0.05, 0) is 18.8 Å². The molecule has 0 bridgehead atoms. The average molecular weight is 239 g/mol. The van der Waals surface area contributed by atoms with E-state index in [1.807, 2.05) is 11.9 Å². The molecule has 17 heavy (non-hydrogen) atoms. The Labute approximate surface area is 104 Å². The fourth-order valence-corrected chi connectivity index (χ4v) is 3.37. The van der Waals surface area contributed by atoms with E-state index in [2.05, 4.69) is 11.8 Å². The fraction of sp³-hybridized carbons (Fsp3) is 0.923. The van der Waals surface area contributed by atoms with Gasteiger partial charge in [-0.15, -0.1) is 0 Å². The van der Waals surface area contributed by atoms with Crippen molar-refractivity contribution in [2.75, 3.05) is 26.7 Å². The summed E-state index contributed by atoms with van der Waals surface area (Å²) in [5, 5.41) is 0. The molecule has 2 unspecified atom stereocenters. The first kappa shape index (κ1) is 12.8. The third kappa shape index (κ3) is 2.63. The van der Waals surface area contributed by atoms with Crippen LogP contribution in [0, 0.1) is 5.92 Å². The van der Waals surface area contributed by atoms with Crippen molar-refractivity contribution in [2.24, 2.45) is 11.7 Å². The summed E-state index contributed by atoms with van der Waals surface area (Å²) in [7, 11) is 1.90. The SMILES string of the molecule is CC1CN(C)C(=O)C(CN)N(C2CCCC2)C1. The lowest BCUT2D eigenvalue weighted by atomic mass is 10.1. The van der Waals surface area contributed by atoms with Gasteiger partial charge in [-0.3, -0.25) is 9.69 Å². The highest BCUT2D eigenvalue weighted by atomic mass is 16.2. The fourth-order valence-electron chi connectivity index (χ4n) is 3.37. The first-order valence-corrected chi connectivity index (χ1v) is 6.84. The maximum atomic E-state index is 12.3. The Hall–Kier alpha value is -0.610. The zero-order valence-corrected chi connectivity index (χ0v) is 11.1. The Kier molecular flexibility index (Phi) is 4.05. The highest BCUT2D eigenvalue weighted by molar-refractivity contribution is 5.82. The van der Waals surface area contributed by atoms with E-state index in [9.17, 15) is 4.79 Å². The molecule has 0 aromatic carbocycles. The van der Waals surface area contributed by atoms with E-state index in [-0.39, 0.29) is 11.9 Å². The first-order valence-electron chi connectivity index (χ1n) is 6.84. The summed E-state index contributed by atoms with van der Waals surface area (Å²) < 4.78 is 0. The summed E-state index contributed by atoms with van der Waals surface area (Å²) in [5.74, 6) is 0.754. The van der Waals surface area contributed by atoms with Crippen molar-refractivity contribution >= 4 is 5.91 Å². The van der Waals surface area contributed by atoms with Crippen LogP contribution in [0.15, 0.2) is 0 Å². The van der Waals surface area contributed by atoms with Crippen LogP contribution in [0.4, 0.5) is 0 Å². The molecular formula is C13H25N3O. The van der Waals surface area contributed by atoms with Gasteiger partial charge >= 0.3 is 0 Å². The Bertz CT molecular complexity index is 276. The molecule has 1 amide bonds. The van der Waals surface area contributed by atoms with Crippen LogP contribution in [0.2, 0.25) is 0 Å². The van der Waals surface area contributed by atoms with E-state index in [1.54, 1.807) is 0 Å². The van der Waals surface area contributed by atoms with Crippen LogP contribution in [0.1, 0.15) is 32.6 Å². The summed E-state index contributed by atoms with van der Waals surface area (Å²) in [6.45, 7) is 4.55. The predicted octanol–water partition coefficient (Wildman–Crippen LogP) is 0.666. The number of hydrogen-bond donors (Lipinski definition) is 1. The van der Waals surface area contributed by atoms with E-state index in [0.717, 1.165) is 13.1 Å². The molecule has 0 radical (unpaired) electrons. The van der Waals surface area contributed by atoms with Crippen molar-refractivity contribution < 1.29 is 4.79 Å². The molecule has 1 saturated heterocycles. The molecule has 2 fully saturated rings. The minimum absolute atomic E-state index is 0.0898. The van der Waals surface area contributed by atoms with Crippen LogP contribution in [-0.4, -0.2) is 54.5 Å². The highest BCUT2D eigenvalue weighted by Crippen LogP contribution is 2.27. The number of amides is 1. The van der Waals surface area contributed by atoms with Gasteiger partial charge in [0.1, 0.15) is 6.04 Å². The molecule has 0 spiro atoms. The smallest absolute Gasteiger partial charge is 0.240 e. The third-order valence-corrected chi connectivity index (χ3v) is 4.19. The van der Waals surface area contributed by atoms with E-state index in [0.29, 0.717) is 18.5 Å². The van der Waals surface area contributed by atoms with Gasteiger partial charge < -0.3 is 10.6 Å². The minimum atomic E-state index is -0.0898. The Balaban J connectivity index is 2.17. The van der Waals surface area contributed by atoms with Crippen LogP contribution in [0.25, 0.3) is 0 Å². The van der Waals surface area contributed by atoms with Gasteiger partial charge in [-0.2, -0.15) is 0 Å². The normalized spacial score (nSPS) is 33.1. The molecule has 2 N–H and O–H groups in total. The maximum absolute atomic E-state index is 12.3. The zero-order valence-electron chi connectivity index (χ0n) is 11.1. The topological polar surface area (TPSA) is 49.6 Å². The summed E-state index contributed by atoms with van der Waals surface area (Å²) in [6, 6.07) is 0.495. The molecule has 1 heterocycles. The molecule has 2 aliphatic rings. The van der Waals surface area contributed by atoms with Gasteiger partial charge in [-0.25, -0.2) is 0 Å². The summed E-state index contributed by atoms with van der Waals surface area (Å²) in [5.41, 5.74) is 5.84. The van der Waals surface area contributed by atoms with Crippen molar-refractivity contribution in [2.45, 2.75) is 44.7 Å². The van der Waals surface area contributed by atoms with Crippen LogP contribution in [-0.2, 0) is 4.79 Å². The number of nitrogens with two attached hydrogens (primary N) is 1. The number of hydrogen-bond acceptors (Lipinski definition) is 3. The second-order valence-corrected chi connectivity index (χ2v) is 5.71. The predicted molar refractivity (Wildman–Crippen MR) is 68.6 cm³/mol. The minimum Gasteiger partial charge on any atom is -0.344 e. The van der Waals surface area contributed by atoms with E-state index in [4.69, 9.17) is 5.73 Å². The van der Waals surface area contributed by atoms with Crippen molar-refractivity contribution in [3.05, 3.63) is 0 Å². The molecule has 4 heteroatoms. The molecule has 1 saturated carbocycles. The summed E-state index contributed by atoms with van der Waals surface area (Å²) in [4.78, 5) is 16.5. The number of nitrogens with zero attached hydrogens (tertiary/aromatic N) is 2. The number of likely N-dealkylation sites (N-methyl/N-ethyl adjacent to an activating group) is 1. The summed E-state index contributed by atoms with van der Waals surface area (Å²) in [6.07, 6.45) is 5.08. The molecule has 1 aliphatic heterocycles. The van der Waals surface area contributed by atoms with Crippen LogP contribution >= 0.6 is 0 Å². The Morgan fingerprint density at radius 1 is 1.29 bits per heavy atom. The van der Waals surface area contributed by atoms with Gasteiger partial charge in [0.05, 0.1) is 0 Å². The van der Waals surface area contributed by atoms with Crippen LogP contribution in [0.5, 0.6) is 0 Å². The second-order valence-electron chi connectivity index (χ2n) is 5.71. The van der Waals surface area contributed by atoms with E-state index in [1.165, 1.54) is 25.7 Å². The number of carbonyl (C=O) groups is 1. The lowest BCUT2D eigenvalue weighted by Gasteiger charge is -2.34. The first-order chi connectivity index (χ1) is 8.13. The molecule has 2 rings (SSSR count). The molecular weight excluding hydrogens is 214 g/mol. The number of carbonyl (C=O) groups excluding carboxylic acids is 1. The van der Waals surface area contributed by atoms with Gasteiger partial charge in [-0.1, -0.05) is 19.8 Å². The lowest BCUT2D eigenvalue weighted by molar-refractivity contribution is -0.134. The Morgan fingerprint density at radius 2 is 1.94 bits per heavy atom. The van der Waals surface area contributed by atoms with E-state index >= 15 is 0 Å². The highest BCUT2D eigenvalue weighted by Gasteiger charge is 2.37. The quantitative estimate of drug-likeness (QED) is 0.770.